The number of nitrogens with zero attached hydrogens (tertiary/aromatic N) is 1. The fourth-order valence-corrected chi connectivity index (χ4v) is 2.84. The van der Waals surface area contributed by atoms with Gasteiger partial charge in [-0.3, -0.25) is 4.79 Å². The van der Waals surface area contributed by atoms with Gasteiger partial charge in [-0.15, -0.1) is 0 Å². The minimum atomic E-state index is -0.978. The Balaban J connectivity index is 2.14. The molecule has 2 atom stereocenters. The Hall–Kier alpha value is -1.84. The van der Waals surface area contributed by atoms with Crippen molar-refractivity contribution in [2.45, 2.75) is 39.2 Å². The Kier molecular flexibility index (Phi) is 4.42. The van der Waals surface area contributed by atoms with Crippen LogP contribution in [0.4, 0.5) is 0 Å². The van der Waals surface area contributed by atoms with E-state index in [1.807, 2.05) is 4.90 Å². The molecule has 1 saturated heterocycles. The van der Waals surface area contributed by atoms with E-state index in [1.165, 1.54) is 0 Å². The van der Waals surface area contributed by atoms with Crippen LogP contribution in [-0.2, 0) is 11.2 Å². The molecule has 0 radical (unpaired) electrons. The van der Waals surface area contributed by atoms with E-state index in [1.54, 1.807) is 24.3 Å². The average molecular weight is 275 g/mol. The molecular formula is C16H21NO3. The molecule has 108 valence electrons. The van der Waals surface area contributed by atoms with Gasteiger partial charge in [-0.2, -0.15) is 0 Å². The van der Waals surface area contributed by atoms with Gasteiger partial charge in [0.25, 0.3) is 0 Å². The maximum absolute atomic E-state index is 12.4. The minimum absolute atomic E-state index is 0.0257. The number of hydrogen-bond acceptors (Lipinski definition) is 2. The summed E-state index contributed by atoms with van der Waals surface area (Å²) < 4.78 is 0. The van der Waals surface area contributed by atoms with Gasteiger partial charge < -0.3 is 10.0 Å². The molecule has 1 aliphatic rings. The van der Waals surface area contributed by atoms with Gasteiger partial charge in [0.2, 0.25) is 5.91 Å². The molecule has 4 nitrogen and oxygen atoms in total. The van der Waals surface area contributed by atoms with Gasteiger partial charge in [0.1, 0.15) is 0 Å². The molecule has 1 aromatic rings. The highest BCUT2D eigenvalue weighted by Crippen LogP contribution is 2.24. The highest BCUT2D eigenvalue weighted by molar-refractivity contribution is 5.91. The van der Waals surface area contributed by atoms with Crippen LogP contribution in [0.15, 0.2) is 24.3 Å². The van der Waals surface area contributed by atoms with Crippen molar-refractivity contribution < 1.29 is 14.7 Å². The lowest BCUT2D eigenvalue weighted by Crippen LogP contribution is -2.46. The van der Waals surface area contributed by atoms with Gasteiger partial charge in [-0.1, -0.05) is 25.1 Å². The first-order valence-electron chi connectivity index (χ1n) is 7.11. The van der Waals surface area contributed by atoms with E-state index in [4.69, 9.17) is 5.11 Å². The van der Waals surface area contributed by atoms with Crippen molar-refractivity contribution in [3.8, 4) is 0 Å². The van der Waals surface area contributed by atoms with Gasteiger partial charge >= 0.3 is 5.97 Å². The number of carbonyl (C=O) groups is 2. The van der Waals surface area contributed by atoms with Crippen molar-refractivity contribution in [3.63, 3.8) is 0 Å². The number of aromatic carboxylic acids is 1. The van der Waals surface area contributed by atoms with Crippen LogP contribution in [0.1, 0.15) is 42.6 Å². The topological polar surface area (TPSA) is 57.6 Å². The summed E-state index contributed by atoms with van der Waals surface area (Å²) in [6.07, 6.45) is 2.34. The zero-order valence-electron chi connectivity index (χ0n) is 12.0. The molecule has 2 unspecified atom stereocenters. The summed E-state index contributed by atoms with van der Waals surface area (Å²) in [5.41, 5.74) is 0.814. The Morgan fingerprint density at radius 1 is 1.30 bits per heavy atom. The molecular weight excluding hydrogens is 254 g/mol. The maximum Gasteiger partial charge on any atom is 0.335 e. The molecule has 0 saturated carbocycles. The second kappa shape index (κ2) is 6.07. The molecule has 1 aliphatic heterocycles. The second-order valence-electron chi connectivity index (χ2n) is 5.59. The quantitative estimate of drug-likeness (QED) is 0.922. The number of likely N-dealkylation sites (tertiary alicyclic amines) is 1. The van der Waals surface area contributed by atoms with Gasteiger partial charge in [0.05, 0.1) is 12.0 Å². The van der Waals surface area contributed by atoms with Crippen molar-refractivity contribution in [1.29, 1.82) is 0 Å². The fourth-order valence-electron chi connectivity index (χ4n) is 2.84. The summed E-state index contributed by atoms with van der Waals surface area (Å²) in [5, 5.41) is 9.16. The molecule has 4 heteroatoms. The summed E-state index contributed by atoms with van der Waals surface area (Å²) in [7, 11) is 0. The summed E-state index contributed by atoms with van der Waals surface area (Å²) in [6.45, 7) is 5.01. The van der Waals surface area contributed by atoms with Gasteiger partial charge in [-0.25, -0.2) is 4.79 Å². The third-order valence-electron chi connectivity index (χ3n) is 4.28. The Morgan fingerprint density at radius 3 is 2.70 bits per heavy atom. The molecule has 0 aromatic heterocycles. The Morgan fingerprint density at radius 2 is 2.00 bits per heavy atom. The van der Waals surface area contributed by atoms with Crippen LogP contribution in [0, 0.1) is 5.92 Å². The largest absolute Gasteiger partial charge is 0.478 e. The van der Waals surface area contributed by atoms with Gasteiger partial charge in [0.15, 0.2) is 0 Å². The lowest BCUT2D eigenvalue weighted by molar-refractivity contribution is -0.135. The maximum atomic E-state index is 12.4. The monoisotopic (exact) mass is 275 g/mol. The molecule has 1 heterocycles. The molecule has 1 fully saturated rings. The SMILES string of the molecule is CC1CCCN(C(=O)Cc2ccccc2C(=O)O)C1C. The average Bonchev–Trinajstić information content (AvgIpc) is 2.42. The van der Waals surface area contributed by atoms with Crippen LogP contribution in [0.2, 0.25) is 0 Å². The van der Waals surface area contributed by atoms with Gasteiger partial charge in [-0.05, 0) is 37.3 Å². The minimum Gasteiger partial charge on any atom is -0.478 e. The smallest absolute Gasteiger partial charge is 0.335 e. The Bertz CT molecular complexity index is 512. The molecule has 1 amide bonds. The number of hydrogen-bond donors (Lipinski definition) is 1. The van der Waals surface area contributed by atoms with Crippen LogP contribution < -0.4 is 0 Å². The van der Waals surface area contributed by atoms with Crippen molar-refractivity contribution in [2.24, 2.45) is 5.92 Å². The summed E-state index contributed by atoms with van der Waals surface area (Å²) in [5.74, 6) is -0.450. The summed E-state index contributed by atoms with van der Waals surface area (Å²) in [4.78, 5) is 25.5. The Labute approximate surface area is 119 Å². The van der Waals surface area contributed by atoms with Crippen LogP contribution in [0.5, 0.6) is 0 Å². The first kappa shape index (κ1) is 14.6. The van der Waals surface area contributed by atoms with Crippen molar-refractivity contribution in [1.82, 2.24) is 4.90 Å². The molecule has 1 aromatic carbocycles. The number of piperidine rings is 1. The highest BCUT2D eigenvalue weighted by Gasteiger charge is 2.28. The third kappa shape index (κ3) is 3.00. The standard InChI is InChI=1S/C16H21NO3/c1-11-6-5-9-17(12(11)2)15(18)10-13-7-3-4-8-14(13)16(19)20/h3-4,7-8,11-12H,5-6,9-10H2,1-2H3,(H,19,20). The zero-order valence-corrected chi connectivity index (χ0v) is 12.0. The van der Waals surface area contributed by atoms with Crippen molar-refractivity contribution >= 4 is 11.9 Å². The second-order valence-corrected chi connectivity index (χ2v) is 5.59. The predicted molar refractivity (Wildman–Crippen MR) is 76.7 cm³/mol. The number of amides is 1. The van der Waals surface area contributed by atoms with Crippen LogP contribution in [-0.4, -0.2) is 34.5 Å². The van der Waals surface area contributed by atoms with Crippen LogP contribution in [0.25, 0.3) is 0 Å². The predicted octanol–water partition coefficient (Wildman–Crippen LogP) is 2.57. The van der Waals surface area contributed by atoms with E-state index in [0.717, 1.165) is 19.4 Å². The number of rotatable bonds is 3. The number of benzene rings is 1. The summed E-state index contributed by atoms with van der Waals surface area (Å²) in [6, 6.07) is 6.96. The van der Waals surface area contributed by atoms with Crippen LogP contribution in [0.3, 0.4) is 0 Å². The lowest BCUT2D eigenvalue weighted by atomic mass is 9.91. The molecule has 0 aliphatic carbocycles. The highest BCUT2D eigenvalue weighted by atomic mass is 16.4. The van der Waals surface area contributed by atoms with E-state index < -0.39 is 5.97 Å². The summed E-state index contributed by atoms with van der Waals surface area (Å²) >= 11 is 0. The van der Waals surface area contributed by atoms with Gasteiger partial charge in [0, 0.05) is 12.6 Å². The van der Waals surface area contributed by atoms with E-state index in [2.05, 4.69) is 13.8 Å². The normalized spacial score (nSPS) is 22.6. The molecule has 0 bridgehead atoms. The van der Waals surface area contributed by atoms with E-state index in [-0.39, 0.29) is 23.9 Å². The molecule has 0 spiro atoms. The number of carboxylic acids is 1. The lowest BCUT2D eigenvalue weighted by Gasteiger charge is -2.38. The zero-order chi connectivity index (χ0) is 14.7. The third-order valence-corrected chi connectivity index (χ3v) is 4.28. The van der Waals surface area contributed by atoms with E-state index in [0.29, 0.717) is 11.5 Å². The number of carbonyl (C=O) groups excluding carboxylic acids is 1. The molecule has 1 N–H and O–H groups in total. The molecule has 2 rings (SSSR count). The first-order valence-corrected chi connectivity index (χ1v) is 7.11. The van der Waals surface area contributed by atoms with Crippen LogP contribution >= 0.6 is 0 Å². The van der Waals surface area contributed by atoms with Crippen molar-refractivity contribution in [2.75, 3.05) is 6.54 Å². The van der Waals surface area contributed by atoms with Crippen molar-refractivity contribution in [3.05, 3.63) is 35.4 Å². The van der Waals surface area contributed by atoms with E-state index >= 15 is 0 Å². The van der Waals surface area contributed by atoms with E-state index in [9.17, 15) is 9.59 Å². The molecule has 20 heavy (non-hydrogen) atoms. The fraction of sp³-hybridized carbons (Fsp3) is 0.500. The first-order chi connectivity index (χ1) is 9.50. The number of carboxylic acid groups (broad SMARTS) is 1.